The number of amides is 3. The maximum atomic E-state index is 14.1. The van der Waals surface area contributed by atoms with Gasteiger partial charge in [0.25, 0.3) is 0 Å². The highest BCUT2D eigenvalue weighted by atomic mass is 16.6. The molecule has 0 spiro atoms. The molecular weight excluding hydrogens is 516 g/mol. The van der Waals surface area contributed by atoms with E-state index in [9.17, 15) is 29.5 Å². The Morgan fingerprint density at radius 2 is 1.65 bits per heavy atom. The van der Waals surface area contributed by atoms with E-state index in [0.717, 1.165) is 4.90 Å². The Bertz CT molecular complexity index is 1240. The third kappa shape index (κ3) is 9.01. The summed E-state index contributed by atoms with van der Waals surface area (Å²) in [4.78, 5) is 53.3. The smallest absolute Gasteiger partial charge is 0.408 e. The summed E-state index contributed by atoms with van der Waals surface area (Å²) < 4.78 is 9.99. The summed E-state index contributed by atoms with van der Waals surface area (Å²) in [7, 11) is 1.18. The molecule has 0 aromatic heterocycles. The van der Waals surface area contributed by atoms with Crippen LogP contribution in [0, 0.1) is 25.2 Å². The molecule has 0 aliphatic carbocycles. The van der Waals surface area contributed by atoms with Crippen LogP contribution < -0.4 is 10.6 Å². The number of ether oxygens (including phenoxy) is 2. The van der Waals surface area contributed by atoms with E-state index in [0.29, 0.717) is 22.3 Å². The molecule has 0 radical (unpaired) electrons. The van der Waals surface area contributed by atoms with Crippen LogP contribution in [0.4, 0.5) is 4.79 Å². The van der Waals surface area contributed by atoms with E-state index in [1.165, 1.54) is 19.2 Å². The summed E-state index contributed by atoms with van der Waals surface area (Å²) in [6.45, 7) is 7.62. The zero-order valence-electron chi connectivity index (χ0n) is 23.6. The summed E-state index contributed by atoms with van der Waals surface area (Å²) in [6.07, 6.45) is -0.885. The normalized spacial score (nSPS) is 12.3. The Morgan fingerprint density at radius 1 is 1.05 bits per heavy atom. The number of aryl methyl sites for hydroxylation is 2. The summed E-state index contributed by atoms with van der Waals surface area (Å²) >= 11 is 0. The van der Waals surface area contributed by atoms with Crippen molar-refractivity contribution in [3.8, 4) is 11.8 Å². The first-order valence-electron chi connectivity index (χ1n) is 12.6. The number of nitriles is 1. The third-order valence-corrected chi connectivity index (χ3v) is 5.90. The number of esters is 1. The van der Waals surface area contributed by atoms with Crippen LogP contribution in [-0.4, -0.2) is 65.7 Å². The quantitative estimate of drug-likeness (QED) is 0.300. The highest BCUT2D eigenvalue weighted by Crippen LogP contribution is 2.29. The van der Waals surface area contributed by atoms with Crippen LogP contribution in [0.25, 0.3) is 0 Å². The number of rotatable bonds is 10. The number of methoxy groups -OCH3 is 1. The van der Waals surface area contributed by atoms with Gasteiger partial charge in [-0.1, -0.05) is 30.3 Å². The second kappa shape index (κ2) is 14.0. The molecule has 40 heavy (non-hydrogen) atoms. The van der Waals surface area contributed by atoms with E-state index in [1.807, 2.05) is 6.07 Å². The zero-order chi connectivity index (χ0) is 30.0. The lowest BCUT2D eigenvalue weighted by Gasteiger charge is -2.34. The van der Waals surface area contributed by atoms with Crippen molar-refractivity contribution < 1.29 is 33.8 Å². The van der Waals surface area contributed by atoms with Crippen molar-refractivity contribution >= 4 is 23.9 Å². The number of phenolic OH excluding ortho intramolecular Hbond substituents is 1. The van der Waals surface area contributed by atoms with Crippen molar-refractivity contribution in [1.82, 2.24) is 15.5 Å². The largest absolute Gasteiger partial charge is 0.508 e. The second-order valence-corrected chi connectivity index (χ2v) is 10.2. The molecule has 2 rings (SSSR count). The van der Waals surface area contributed by atoms with Gasteiger partial charge in [0.15, 0.2) is 0 Å². The van der Waals surface area contributed by atoms with Crippen molar-refractivity contribution in [2.45, 2.75) is 58.7 Å². The third-order valence-electron chi connectivity index (χ3n) is 5.90. The Kier molecular flexibility index (Phi) is 11.1. The summed E-state index contributed by atoms with van der Waals surface area (Å²) in [6, 6.07) is 10.8. The van der Waals surface area contributed by atoms with Gasteiger partial charge in [0.2, 0.25) is 11.8 Å². The molecule has 0 heterocycles. The van der Waals surface area contributed by atoms with Gasteiger partial charge in [-0.25, -0.2) is 4.79 Å². The Labute approximate surface area is 234 Å². The van der Waals surface area contributed by atoms with Gasteiger partial charge in [-0.05, 0) is 69.0 Å². The minimum Gasteiger partial charge on any atom is -0.508 e. The highest BCUT2D eigenvalue weighted by molar-refractivity contribution is 5.94. The number of phenols is 1. The number of carbonyl (C=O) groups is 4. The second-order valence-electron chi connectivity index (χ2n) is 10.2. The fourth-order valence-electron chi connectivity index (χ4n) is 4.11. The molecule has 3 amide bonds. The highest BCUT2D eigenvalue weighted by Gasteiger charge is 2.37. The molecule has 11 heteroatoms. The van der Waals surface area contributed by atoms with Crippen molar-refractivity contribution in [3.05, 3.63) is 64.7 Å². The molecule has 3 N–H and O–H groups in total. The average Bonchev–Trinajstić information content (AvgIpc) is 2.87. The van der Waals surface area contributed by atoms with Gasteiger partial charge in [0.1, 0.15) is 36.5 Å². The predicted octanol–water partition coefficient (Wildman–Crippen LogP) is 2.83. The predicted molar refractivity (Wildman–Crippen MR) is 146 cm³/mol. The van der Waals surface area contributed by atoms with E-state index in [4.69, 9.17) is 4.74 Å². The van der Waals surface area contributed by atoms with Crippen LogP contribution in [0.1, 0.15) is 49.1 Å². The molecule has 0 saturated heterocycles. The van der Waals surface area contributed by atoms with E-state index in [1.54, 1.807) is 65.0 Å². The summed E-state index contributed by atoms with van der Waals surface area (Å²) in [5, 5.41) is 24.4. The SMILES string of the molecule is COC(=O)CNC(=O)C(c1c(C)cccc1C)N(CC#N)C(=O)C(Cc1ccc(O)cc1)NC(=O)OC(C)(C)C. The maximum absolute atomic E-state index is 14.1. The molecule has 2 unspecified atom stereocenters. The fraction of sp³-hybridized carbons (Fsp3) is 0.414. The van der Waals surface area contributed by atoms with Crippen LogP contribution in [0.3, 0.4) is 0 Å². The van der Waals surface area contributed by atoms with Crippen LogP contribution >= 0.6 is 0 Å². The van der Waals surface area contributed by atoms with Gasteiger partial charge < -0.3 is 30.1 Å². The maximum Gasteiger partial charge on any atom is 0.408 e. The van der Waals surface area contributed by atoms with Crippen molar-refractivity contribution in [2.75, 3.05) is 20.2 Å². The number of benzene rings is 2. The van der Waals surface area contributed by atoms with E-state index in [-0.39, 0.29) is 12.2 Å². The van der Waals surface area contributed by atoms with Crippen LogP contribution in [0.15, 0.2) is 42.5 Å². The van der Waals surface area contributed by atoms with Crippen molar-refractivity contribution in [2.24, 2.45) is 0 Å². The lowest BCUT2D eigenvalue weighted by atomic mass is 9.93. The van der Waals surface area contributed by atoms with Gasteiger partial charge in [-0.2, -0.15) is 5.26 Å². The topological polar surface area (TPSA) is 158 Å². The van der Waals surface area contributed by atoms with Crippen LogP contribution in [-0.2, 0) is 30.3 Å². The first kappa shape index (κ1) is 31.6. The summed E-state index contributed by atoms with van der Waals surface area (Å²) in [5.41, 5.74) is 1.60. The number of nitrogens with zero attached hydrogens (tertiary/aromatic N) is 2. The standard InChI is InChI=1S/C29H36N4O7/c1-18-8-7-9-19(2)24(18)25(26(36)31-17-23(35)39-6)33(15-14-30)27(37)22(32-28(38)40-29(3,4)5)16-20-10-12-21(34)13-11-20/h7-13,22,25,34H,15-17H2,1-6H3,(H,31,36)(H,32,38). The number of hydrogen-bond donors (Lipinski definition) is 3. The van der Waals surface area contributed by atoms with E-state index < -0.39 is 54.7 Å². The molecule has 2 atom stereocenters. The Hall–Kier alpha value is -4.59. The van der Waals surface area contributed by atoms with Crippen LogP contribution in [0.2, 0.25) is 0 Å². The Morgan fingerprint density at radius 3 is 2.17 bits per heavy atom. The summed E-state index contributed by atoms with van der Waals surface area (Å²) in [5.74, 6) is -2.09. The van der Waals surface area contributed by atoms with Crippen LogP contribution in [0.5, 0.6) is 5.75 Å². The average molecular weight is 553 g/mol. The van der Waals surface area contributed by atoms with Gasteiger partial charge in [0.05, 0.1) is 13.2 Å². The minimum absolute atomic E-state index is 0.0233. The number of aromatic hydroxyl groups is 1. The first-order chi connectivity index (χ1) is 18.8. The van der Waals surface area contributed by atoms with Gasteiger partial charge in [0, 0.05) is 6.42 Å². The fourth-order valence-corrected chi connectivity index (χ4v) is 4.11. The van der Waals surface area contributed by atoms with Crippen molar-refractivity contribution in [3.63, 3.8) is 0 Å². The molecule has 0 bridgehead atoms. The molecule has 2 aromatic carbocycles. The molecule has 11 nitrogen and oxygen atoms in total. The number of alkyl carbamates (subject to hydrolysis) is 1. The molecule has 0 aliphatic heterocycles. The number of hydrogen-bond acceptors (Lipinski definition) is 8. The number of carbonyl (C=O) groups excluding carboxylic acids is 4. The molecule has 2 aromatic rings. The molecule has 0 aliphatic rings. The van der Waals surface area contributed by atoms with E-state index >= 15 is 0 Å². The molecule has 214 valence electrons. The first-order valence-corrected chi connectivity index (χ1v) is 12.6. The van der Waals surface area contributed by atoms with E-state index in [2.05, 4.69) is 15.4 Å². The molecule has 0 fully saturated rings. The molecule has 0 saturated carbocycles. The molecular formula is C29H36N4O7. The lowest BCUT2D eigenvalue weighted by Crippen LogP contribution is -2.54. The lowest BCUT2D eigenvalue weighted by molar-refractivity contribution is -0.144. The van der Waals surface area contributed by atoms with Gasteiger partial charge in [-0.3, -0.25) is 14.4 Å². The van der Waals surface area contributed by atoms with Crippen molar-refractivity contribution in [1.29, 1.82) is 5.26 Å². The minimum atomic E-state index is -1.30. The Balaban J connectivity index is 2.59. The number of nitrogens with one attached hydrogen (secondary N) is 2. The zero-order valence-corrected chi connectivity index (χ0v) is 23.6. The van der Waals surface area contributed by atoms with Gasteiger partial charge >= 0.3 is 12.1 Å². The monoisotopic (exact) mass is 552 g/mol. The van der Waals surface area contributed by atoms with Gasteiger partial charge in [-0.15, -0.1) is 0 Å².